The summed E-state index contributed by atoms with van der Waals surface area (Å²) in [6, 6.07) is 5.01. The molecular weight excluding hydrogens is 262 g/mol. The maximum atomic E-state index is 11.8. The van der Waals surface area contributed by atoms with Crippen LogP contribution in [0.3, 0.4) is 0 Å². The number of carbonyl (C=O) groups is 1. The molecule has 0 bridgehead atoms. The van der Waals surface area contributed by atoms with Gasteiger partial charge in [0.25, 0.3) is 5.56 Å². The number of nitrogens with zero attached hydrogens (tertiary/aromatic N) is 1. The van der Waals surface area contributed by atoms with Gasteiger partial charge in [0, 0.05) is 18.0 Å². The number of aryl methyl sites for hydroxylation is 1. The smallest absolute Gasteiger partial charge is 0.251 e. The molecule has 100 valence electrons. The minimum atomic E-state index is -0.173. The highest BCUT2D eigenvalue weighted by Crippen LogP contribution is 2.13. The molecule has 0 amide bonds. The lowest BCUT2D eigenvalue weighted by Gasteiger charge is -2.02. The van der Waals surface area contributed by atoms with Gasteiger partial charge in [-0.15, -0.1) is 0 Å². The number of H-pyrrole nitrogens is 2. The third-order valence-corrected chi connectivity index (χ3v) is 3.39. The predicted octanol–water partition coefficient (Wildman–Crippen LogP) is 2.03. The molecular formula is C13H15N3O2S. The molecule has 0 fully saturated rings. The monoisotopic (exact) mass is 277 g/mol. The summed E-state index contributed by atoms with van der Waals surface area (Å²) in [6.45, 7) is 2.03. The molecule has 0 atom stereocenters. The van der Waals surface area contributed by atoms with E-state index < -0.39 is 0 Å². The van der Waals surface area contributed by atoms with Crippen LogP contribution < -0.4 is 5.56 Å². The SMILES string of the molecule is CCCc1cc(=O)[nH]c(SCC(=O)c2ccc[nH]2)n1. The number of aromatic amines is 2. The maximum Gasteiger partial charge on any atom is 0.251 e. The van der Waals surface area contributed by atoms with Crippen molar-refractivity contribution in [2.75, 3.05) is 5.75 Å². The van der Waals surface area contributed by atoms with Gasteiger partial charge in [0.15, 0.2) is 10.9 Å². The molecule has 0 aromatic carbocycles. The molecule has 2 heterocycles. The van der Waals surface area contributed by atoms with Crippen LogP contribution in [0.25, 0.3) is 0 Å². The van der Waals surface area contributed by atoms with Crippen molar-refractivity contribution in [1.29, 1.82) is 0 Å². The van der Waals surface area contributed by atoms with Gasteiger partial charge in [0.1, 0.15) is 0 Å². The van der Waals surface area contributed by atoms with Crippen molar-refractivity contribution in [3.05, 3.63) is 46.1 Å². The van der Waals surface area contributed by atoms with E-state index >= 15 is 0 Å². The molecule has 2 aromatic rings. The Kier molecular flexibility index (Phi) is 4.57. The average Bonchev–Trinajstić information content (AvgIpc) is 2.89. The summed E-state index contributed by atoms with van der Waals surface area (Å²) in [4.78, 5) is 33.1. The number of aromatic nitrogens is 3. The Hall–Kier alpha value is -1.82. The van der Waals surface area contributed by atoms with Crippen LogP contribution >= 0.6 is 11.8 Å². The largest absolute Gasteiger partial charge is 0.359 e. The molecule has 2 aromatic heterocycles. The number of hydrogen-bond acceptors (Lipinski definition) is 4. The first-order chi connectivity index (χ1) is 9.19. The van der Waals surface area contributed by atoms with Crippen LogP contribution in [0, 0.1) is 0 Å². The summed E-state index contributed by atoms with van der Waals surface area (Å²) in [7, 11) is 0. The number of thioether (sulfide) groups is 1. The van der Waals surface area contributed by atoms with Crippen LogP contribution in [0.2, 0.25) is 0 Å². The minimum absolute atomic E-state index is 0.0152. The standard InChI is InChI=1S/C13H15N3O2S/c1-2-4-9-7-12(18)16-13(15-9)19-8-11(17)10-5-3-6-14-10/h3,5-7,14H,2,4,8H2,1H3,(H,15,16,18). The Morgan fingerprint density at radius 3 is 3.00 bits per heavy atom. The number of nitrogens with one attached hydrogen (secondary N) is 2. The van der Waals surface area contributed by atoms with Gasteiger partial charge in [-0.1, -0.05) is 25.1 Å². The third-order valence-electron chi connectivity index (χ3n) is 2.52. The maximum absolute atomic E-state index is 11.8. The van der Waals surface area contributed by atoms with Gasteiger partial charge in [-0.05, 0) is 18.6 Å². The molecule has 0 saturated heterocycles. The first-order valence-corrected chi connectivity index (χ1v) is 7.07. The van der Waals surface area contributed by atoms with Crippen LogP contribution in [-0.2, 0) is 6.42 Å². The van der Waals surface area contributed by atoms with E-state index in [0.717, 1.165) is 18.5 Å². The van der Waals surface area contributed by atoms with Gasteiger partial charge >= 0.3 is 0 Å². The number of carbonyl (C=O) groups excluding carboxylic acids is 1. The molecule has 0 unspecified atom stereocenters. The zero-order chi connectivity index (χ0) is 13.7. The zero-order valence-electron chi connectivity index (χ0n) is 10.6. The minimum Gasteiger partial charge on any atom is -0.359 e. The quantitative estimate of drug-likeness (QED) is 0.481. The molecule has 0 aliphatic carbocycles. The fraction of sp³-hybridized carbons (Fsp3) is 0.308. The van der Waals surface area contributed by atoms with Gasteiger partial charge in [0.2, 0.25) is 0 Å². The summed E-state index contributed by atoms with van der Waals surface area (Å²) in [5, 5.41) is 0.496. The molecule has 0 spiro atoms. The van der Waals surface area contributed by atoms with E-state index in [1.165, 1.54) is 17.8 Å². The summed E-state index contributed by atoms with van der Waals surface area (Å²) in [5.41, 5.74) is 1.16. The highest BCUT2D eigenvalue weighted by atomic mass is 32.2. The highest BCUT2D eigenvalue weighted by Gasteiger charge is 2.09. The first-order valence-electron chi connectivity index (χ1n) is 6.08. The van der Waals surface area contributed by atoms with Crippen molar-refractivity contribution in [3.8, 4) is 0 Å². The lowest BCUT2D eigenvalue weighted by atomic mass is 10.2. The Labute approximate surface area is 114 Å². The summed E-state index contributed by atoms with van der Waals surface area (Å²) < 4.78 is 0. The van der Waals surface area contributed by atoms with E-state index in [-0.39, 0.29) is 17.1 Å². The fourth-order valence-corrected chi connectivity index (χ4v) is 2.43. The molecule has 0 radical (unpaired) electrons. The Morgan fingerprint density at radius 1 is 1.47 bits per heavy atom. The van der Waals surface area contributed by atoms with Crippen molar-refractivity contribution < 1.29 is 4.79 Å². The Balaban J connectivity index is 2.03. The van der Waals surface area contributed by atoms with E-state index in [2.05, 4.69) is 15.0 Å². The molecule has 5 nitrogen and oxygen atoms in total. The van der Waals surface area contributed by atoms with Crippen molar-refractivity contribution in [2.45, 2.75) is 24.9 Å². The van der Waals surface area contributed by atoms with Crippen molar-refractivity contribution in [3.63, 3.8) is 0 Å². The Bertz CT molecular complexity index is 605. The molecule has 0 aliphatic rings. The topological polar surface area (TPSA) is 78.6 Å². The lowest BCUT2D eigenvalue weighted by molar-refractivity contribution is 0.101. The van der Waals surface area contributed by atoms with Gasteiger partial charge in [-0.25, -0.2) is 4.98 Å². The second-order valence-corrected chi connectivity index (χ2v) is 5.05. The van der Waals surface area contributed by atoms with Gasteiger partial charge in [-0.2, -0.15) is 0 Å². The van der Waals surface area contributed by atoms with Crippen LogP contribution in [0.15, 0.2) is 34.3 Å². The Morgan fingerprint density at radius 2 is 2.32 bits per heavy atom. The van der Waals surface area contributed by atoms with Crippen molar-refractivity contribution in [1.82, 2.24) is 15.0 Å². The van der Waals surface area contributed by atoms with E-state index in [9.17, 15) is 9.59 Å². The second kappa shape index (κ2) is 6.38. The number of ketones is 1. The van der Waals surface area contributed by atoms with Crippen molar-refractivity contribution in [2.24, 2.45) is 0 Å². The molecule has 0 aliphatic heterocycles. The van der Waals surface area contributed by atoms with Crippen LogP contribution in [0.1, 0.15) is 29.5 Å². The molecule has 0 saturated carbocycles. The highest BCUT2D eigenvalue weighted by molar-refractivity contribution is 7.99. The molecule has 2 N–H and O–H groups in total. The number of rotatable bonds is 6. The van der Waals surface area contributed by atoms with E-state index in [1.54, 1.807) is 18.3 Å². The van der Waals surface area contributed by atoms with E-state index in [4.69, 9.17) is 0 Å². The van der Waals surface area contributed by atoms with Gasteiger partial charge < -0.3 is 9.97 Å². The first kappa shape index (κ1) is 13.6. The number of Topliss-reactive ketones (excluding diaryl/α,β-unsaturated/α-hetero) is 1. The second-order valence-electron chi connectivity index (χ2n) is 4.09. The van der Waals surface area contributed by atoms with Gasteiger partial charge in [0.05, 0.1) is 11.4 Å². The fourth-order valence-electron chi connectivity index (χ4n) is 1.65. The van der Waals surface area contributed by atoms with E-state index in [1.807, 2.05) is 6.92 Å². The lowest BCUT2D eigenvalue weighted by Crippen LogP contribution is -2.11. The van der Waals surface area contributed by atoms with Crippen molar-refractivity contribution >= 4 is 17.5 Å². The normalized spacial score (nSPS) is 10.6. The molecule has 19 heavy (non-hydrogen) atoms. The van der Waals surface area contributed by atoms with Gasteiger partial charge in [-0.3, -0.25) is 9.59 Å². The summed E-state index contributed by atoms with van der Waals surface area (Å²) in [5.74, 6) is 0.234. The number of hydrogen-bond donors (Lipinski definition) is 2. The van der Waals surface area contributed by atoms with Crippen LogP contribution in [0.4, 0.5) is 0 Å². The predicted molar refractivity (Wildman–Crippen MR) is 74.7 cm³/mol. The summed E-state index contributed by atoms with van der Waals surface area (Å²) >= 11 is 1.24. The molecule has 6 heteroatoms. The average molecular weight is 277 g/mol. The molecule has 2 rings (SSSR count). The zero-order valence-corrected chi connectivity index (χ0v) is 11.4. The summed E-state index contributed by atoms with van der Waals surface area (Å²) in [6.07, 6.45) is 3.41. The third kappa shape index (κ3) is 3.82. The van der Waals surface area contributed by atoms with Crippen LogP contribution in [0.5, 0.6) is 0 Å². The van der Waals surface area contributed by atoms with Crippen LogP contribution in [-0.4, -0.2) is 26.5 Å². The van der Waals surface area contributed by atoms with E-state index in [0.29, 0.717) is 10.9 Å².